The minimum Gasteiger partial charge on any atom is -0.872 e. The first-order valence-corrected chi connectivity index (χ1v) is 6.00. The topological polar surface area (TPSA) is 161 Å². The van der Waals surface area contributed by atoms with E-state index in [9.17, 15) is 29.4 Å². The Balaban J connectivity index is 0.00000156. The second-order valence-electron chi connectivity index (χ2n) is 4.49. The van der Waals surface area contributed by atoms with Crippen molar-refractivity contribution in [3.8, 4) is 5.75 Å². The van der Waals surface area contributed by atoms with Gasteiger partial charge in [-0.2, -0.15) is 0 Å². The van der Waals surface area contributed by atoms with Crippen LogP contribution in [-0.4, -0.2) is 17.0 Å². The Bertz CT molecular complexity index is 1130. The van der Waals surface area contributed by atoms with Crippen molar-refractivity contribution in [3.05, 3.63) is 50.2 Å². The quantitative estimate of drug-likeness (QED) is 0.345. The van der Waals surface area contributed by atoms with Crippen LogP contribution in [0.25, 0.3) is 21.9 Å². The molecule has 0 amide bonds. The third-order valence-electron chi connectivity index (χ3n) is 3.07. The van der Waals surface area contributed by atoms with E-state index < -0.39 is 62.0 Å². The van der Waals surface area contributed by atoms with Crippen LogP contribution in [0.15, 0.2) is 36.6 Å². The SMILES string of the molecule is O=C([O-])c1cc(=O)c2c(cc([O-])c3c(=O)cc(C(=O)O)oc32)o1.[Na+].[Na+]. The number of fused-ring (bicyclic) bond motifs is 3. The molecule has 0 spiro atoms. The average Bonchev–Trinajstić information content (AvgIpc) is 2.45. The molecule has 2 aromatic heterocycles. The monoisotopic (exact) mass is 362 g/mol. The maximum Gasteiger partial charge on any atom is 1.00 e. The van der Waals surface area contributed by atoms with Crippen molar-refractivity contribution in [1.82, 2.24) is 0 Å². The van der Waals surface area contributed by atoms with E-state index in [2.05, 4.69) is 0 Å². The largest absolute Gasteiger partial charge is 1.00 e. The molecule has 0 aliphatic heterocycles. The summed E-state index contributed by atoms with van der Waals surface area (Å²) in [4.78, 5) is 45.7. The molecule has 0 atom stereocenters. The molecule has 0 unspecified atom stereocenters. The number of carbonyl (C=O) groups is 2. The first-order chi connectivity index (χ1) is 10.8. The van der Waals surface area contributed by atoms with Crippen molar-refractivity contribution in [2.45, 2.75) is 0 Å². The summed E-state index contributed by atoms with van der Waals surface area (Å²) in [5.74, 6) is -5.87. The summed E-state index contributed by atoms with van der Waals surface area (Å²) in [6.07, 6.45) is 0. The van der Waals surface area contributed by atoms with E-state index in [0.717, 1.165) is 6.07 Å². The second kappa shape index (κ2) is 7.73. The fourth-order valence-electron chi connectivity index (χ4n) is 2.14. The maximum atomic E-state index is 12.1. The van der Waals surface area contributed by atoms with Gasteiger partial charge in [0, 0.05) is 12.1 Å². The van der Waals surface area contributed by atoms with Gasteiger partial charge in [-0.15, -0.1) is 0 Å². The minimum absolute atomic E-state index is 0. The van der Waals surface area contributed by atoms with Crippen LogP contribution in [-0.2, 0) is 0 Å². The number of hydrogen-bond acceptors (Lipinski definition) is 8. The number of hydrogen-bond donors (Lipinski definition) is 1. The van der Waals surface area contributed by atoms with Gasteiger partial charge in [-0.1, -0.05) is 5.75 Å². The summed E-state index contributed by atoms with van der Waals surface area (Å²) in [6.45, 7) is 0. The van der Waals surface area contributed by atoms with Gasteiger partial charge in [0.2, 0.25) is 5.76 Å². The molecule has 0 fully saturated rings. The fourth-order valence-corrected chi connectivity index (χ4v) is 2.14. The molecule has 0 aliphatic carbocycles. The van der Waals surface area contributed by atoms with Gasteiger partial charge in [0.25, 0.3) is 0 Å². The zero-order valence-electron chi connectivity index (χ0n) is 12.9. The molecule has 1 N–H and O–H groups in total. The van der Waals surface area contributed by atoms with Crippen molar-refractivity contribution in [1.29, 1.82) is 0 Å². The number of aromatic carboxylic acids is 2. The Kier molecular flexibility index (Phi) is 6.62. The first kappa shape index (κ1) is 21.4. The summed E-state index contributed by atoms with van der Waals surface area (Å²) < 4.78 is 9.82. The Labute approximate surface area is 181 Å². The van der Waals surface area contributed by atoms with Crippen molar-refractivity contribution < 1.29 is 92.9 Å². The van der Waals surface area contributed by atoms with Crippen LogP contribution < -0.4 is 80.2 Å². The number of carbonyl (C=O) groups excluding carboxylic acids is 1. The molecule has 0 aliphatic rings. The predicted octanol–water partition coefficient (Wildman–Crippen LogP) is -6.96. The number of benzene rings is 1. The van der Waals surface area contributed by atoms with E-state index in [1.54, 1.807) is 0 Å². The standard InChI is InChI=1S/C14H6O9.2Na/c15-4-1-7-11(6(17)3-8(22-7)13(18)19)12-10(4)5(16)2-9(23-12)14(20)21;;/h1-3,15H,(H,18,19)(H,20,21);;/q;2*+1/p-2. The number of carboxylic acid groups (broad SMARTS) is 2. The summed E-state index contributed by atoms with van der Waals surface area (Å²) in [7, 11) is 0. The van der Waals surface area contributed by atoms with Crippen LogP contribution in [0.5, 0.6) is 5.75 Å². The van der Waals surface area contributed by atoms with Gasteiger partial charge in [-0.3, -0.25) is 9.59 Å². The number of rotatable bonds is 2. The van der Waals surface area contributed by atoms with Crippen LogP contribution in [0.1, 0.15) is 21.1 Å². The zero-order chi connectivity index (χ0) is 16.9. The van der Waals surface area contributed by atoms with E-state index in [4.69, 9.17) is 13.9 Å². The van der Waals surface area contributed by atoms with Gasteiger partial charge < -0.3 is 28.9 Å². The predicted molar refractivity (Wildman–Crippen MR) is 69.3 cm³/mol. The van der Waals surface area contributed by atoms with Crippen LogP contribution >= 0.6 is 0 Å². The normalized spacial score (nSPS) is 10.1. The Morgan fingerprint density at radius 2 is 1.48 bits per heavy atom. The van der Waals surface area contributed by atoms with Gasteiger partial charge in [0.1, 0.15) is 16.9 Å². The van der Waals surface area contributed by atoms with E-state index in [1.165, 1.54) is 0 Å². The first-order valence-electron chi connectivity index (χ1n) is 6.00. The molecule has 3 aromatic rings. The van der Waals surface area contributed by atoms with E-state index >= 15 is 0 Å². The van der Waals surface area contributed by atoms with Gasteiger partial charge in [-0.25, -0.2) is 4.79 Å². The molecular weight excluding hydrogens is 358 g/mol. The van der Waals surface area contributed by atoms with Gasteiger partial charge >= 0.3 is 65.1 Å². The molecule has 11 heteroatoms. The summed E-state index contributed by atoms with van der Waals surface area (Å²) in [5, 5.41) is 30.7. The Morgan fingerprint density at radius 1 is 0.920 bits per heavy atom. The van der Waals surface area contributed by atoms with E-state index in [1.807, 2.05) is 0 Å². The molecule has 9 nitrogen and oxygen atoms in total. The van der Waals surface area contributed by atoms with Gasteiger partial charge in [-0.05, 0) is 6.07 Å². The van der Waals surface area contributed by atoms with Crippen LogP contribution in [0.3, 0.4) is 0 Å². The molecule has 0 bridgehead atoms. The smallest absolute Gasteiger partial charge is 0.872 e. The van der Waals surface area contributed by atoms with Crippen molar-refractivity contribution in [2.24, 2.45) is 0 Å². The zero-order valence-corrected chi connectivity index (χ0v) is 16.9. The van der Waals surface area contributed by atoms with Crippen LogP contribution in [0.4, 0.5) is 0 Å². The summed E-state index contributed by atoms with van der Waals surface area (Å²) in [5.41, 5.74) is -2.91. The molecule has 1 aromatic carbocycles. The molecule has 3 rings (SSSR count). The van der Waals surface area contributed by atoms with E-state index in [-0.39, 0.29) is 59.1 Å². The van der Waals surface area contributed by atoms with Gasteiger partial charge in [0.15, 0.2) is 22.2 Å². The maximum absolute atomic E-state index is 12.1. The average molecular weight is 362 g/mol. The summed E-state index contributed by atoms with van der Waals surface area (Å²) >= 11 is 0. The third-order valence-corrected chi connectivity index (χ3v) is 3.07. The molecular formula is C14H4Na2O9. The van der Waals surface area contributed by atoms with Crippen molar-refractivity contribution in [2.75, 3.05) is 0 Å². The molecule has 116 valence electrons. The van der Waals surface area contributed by atoms with E-state index in [0.29, 0.717) is 12.1 Å². The molecule has 0 saturated carbocycles. The Hall–Kier alpha value is -1.62. The van der Waals surface area contributed by atoms with Crippen molar-refractivity contribution in [3.63, 3.8) is 0 Å². The fraction of sp³-hybridized carbons (Fsp3) is 0. The molecule has 25 heavy (non-hydrogen) atoms. The summed E-state index contributed by atoms with van der Waals surface area (Å²) in [6, 6.07) is 1.94. The van der Waals surface area contributed by atoms with Gasteiger partial charge in [0.05, 0.1) is 5.39 Å². The van der Waals surface area contributed by atoms with Crippen LogP contribution in [0.2, 0.25) is 0 Å². The second-order valence-corrected chi connectivity index (χ2v) is 4.49. The molecule has 2 heterocycles. The molecule has 0 saturated heterocycles. The van der Waals surface area contributed by atoms with Crippen molar-refractivity contribution >= 4 is 33.9 Å². The number of carboxylic acids is 2. The molecule has 0 radical (unpaired) electrons. The van der Waals surface area contributed by atoms with Crippen LogP contribution in [0, 0.1) is 0 Å². The third kappa shape index (κ3) is 3.66. The minimum atomic E-state index is -1.78. The Morgan fingerprint density at radius 3 is 2.04 bits per heavy atom.